The van der Waals surface area contributed by atoms with Gasteiger partial charge in [-0.2, -0.15) is 0 Å². The van der Waals surface area contributed by atoms with Crippen LogP contribution in [0.2, 0.25) is 5.15 Å². The first-order valence-corrected chi connectivity index (χ1v) is 5.76. The first-order chi connectivity index (χ1) is 7.79. The number of hydrogen-bond acceptors (Lipinski definition) is 2. The lowest BCUT2D eigenvalue weighted by molar-refractivity contribution is 0.921. The highest BCUT2D eigenvalue weighted by Crippen LogP contribution is 2.19. The molecule has 0 fully saturated rings. The highest BCUT2D eigenvalue weighted by molar-refractivity contribution is 6.29. The van der Waals surface area contributed by atoms with Crippen LogP contribution < -0.4 is 0 Å². The Balaban J connectivity index is 2.32. The van der Waals surface area contributed by atoms with Crippen molar-refractivity contribution in [1.29, 1.82) is 0 Å². The quantitative estimate of drug-likeness (QED) is 0.806. The van der Waals surface area contributed by atoms with Crippen LogP contribution in [0.15, 0.2) is 36.4 Å². The SMILES string of the molecule is CCCc1cccc(-c2ccc(Cl)nn2)c1. The van der Waals surface area contributed by atoms with Gasteiger partial charge in [-0.15, -0.1) is 10.2 Å². The molecule has 0 N–H and O–H groups in total. The zero-order chi connectivity index (χ0) is 11.4. The molecule has 2 nitrogen and oxygen atoms in total. The normalized spacial score (nSPS) is 10.4. The van der Waals surface area contributed by atoms with Gasteiger partial charge in [0.25, 0.3) is 0 Å². The molecule has 82 valence electrons. The van der Waals surface area contributed by atoms with Crippen molar-refractivity contribution in [2.75, 3.05) is 0 Å². The van der Waals surface area contributed by atoms with Gasteiger partial charge < -0.3 is 0 Å². The van der Waals surface area contributed by atoms with E-state index in [9.17, 15) is 0 Å². The smallest absolute Gasteiger partial charge is 0.149 e. The van der Waals surface area contributed by atoms with Gasteiger partial charge in [0.2, 0.25) is 0 Å². The molecule has 1 heterocycles. The van der Waals surface area contributed by atoms with Crippen molar-refractivity contribution < 1.29 is 0 Å². The zero-order valence-electron chi connectivity index (χ0n) is 9.15. The van der Waals surface area contributed by atoms with Crippen molar-refractivity contribution in [1.82, 2.24) is 10.2 Å². The van der Waals surface area contributed by atoms with Crippen LogP contribution in [0.4, 0.5) is 0 Å². The van der Waals surface area contributed by atoms with Crippen LogP contribution >= 0.6 is 11.6 Å². The van der Waals surface area contributed by atoms with E-state index in [2.05, 4.69) is 35.3 Å². The fraction of sp³-hybridized carbons (Fsp3) is 0.231. The molecule has 0 bridgehead atoms. The van der Waals surface area contributed by atoms with Gasteiger partial charge in [-0.25, -0.2) is 0 Å². The molecule has 2 aromatic rings. The average molecular weight is 233 g/mol. The molecule has 0 aliphatic heterocycles. The van der Waals surface area contributed by atoms with E-state index in [1.807, 2.05) is 12.1 Å². The van der Waals surface area contributed by atoms with E-state index in [0.717, 1.165) is 24.1 Å². The molecule has 0 aliphatic rings. The van der Waals surface area contributed by atoms with E-state index in [4.69, 9.17) is 11.6 Å². The standard InChI is InChI=1S/C13H13ClN2/c1-2-4-10-5-3-6-11(9-10)12-7-8-13(14)16-15-12/h3,5-9H,2,4H2,1H3. The second kappa shape index (κ2) is 5.08. The zero-order valence-corrected chi connectivity index (χ0v) is 9.91. The van der Waals surface area contributed by atoms with Gasteiger partial charge in [0.15, 0.2) is 5.15 Å². The predicted octanol–water partition coefficient (Wildman–Crippen LogP) is 3.75. The van der Waals surface area contributed by atoms with E-state index >= 15 is 0 Å². The molecule has 0 aliphatic carbocycles. The minimum atomic E-state index is 0.425. The van der Waals surface area contributed by atoms with Crippen molar-refractivity contribution in [2.24, 2.45) is 0 Å². The lowest BCUT2D eigenvalue weighted by Crippen LogP contribution is -1.89. The molecule has 2 rings (SSSR count). The molecular weight excluding hydrogens is 220 g/mol. The van der Waals surface area contributed by atoms with Crippen molar-refractivity contribution >= 4 is 11.6 Å². The summed E-state index contributed by atoms with van der Waals surface area (Å²) in [7, 11) is 0. The van der Waals surface area contributed by atoms with E-state index in [0.29, 0.717) is 5.15 Å². The van der Waals surface area contributed by atoms with Gasteiger partial charge in [0, 0.05) is 5.56 Å². The highest BCUT2D eigenvalue weighted by atomic mass is 35.5. The predicted molar refractivity (Wildman–Crippen MR) is 66.5 cm³/mol. The summed E-state index contributed by atoms with van der Waals surface area (Å²) in [5.41, 5.74) is 3.29. The van der Waals surface area contributed by atoms with Gasteiger partial charge in [-0.3, -0.25) is 0 Å². The maximum absolute atomic E-state index is 5.71. The van der Waals surface area contributed by atoms with Gasteiger partial charge in [-0.05, 0) is 30.2 Å². The van der Waals surface area contributed by atoms with E-state index in [1.54, 1.807) is 6.07 Å². The van der Waals surface area contributed by atoms with E-state index in [-0.39, 0.29) is 0 Å². The van der Waals surface area contributed by atoms with Gasteiger partial charge >= 0.3 is 0 Å². The summed E-state index contributed by atoms with van der Waals surface area (Å²) < 4.78 is 0. The fourth-order valence-electron chi connectivity index (χ4n) is 1.64. The largest absolute Gasteiger partial charge is 0.151 e. The van der Waals surface area contributed by atoms with Crippen LogP contribution in [0, 0.1) is 0 Å². The Hall–Kier alpha value is -1.41. The van der Waals surface area contributed by atoms with Crippen molar-refractivity contribution in [3.8, 4) is 11.3 Å². The number of aryl methyl sites for hydroxylation is 1. The molecular formula is C13H13ClN2. The van der Waals surface area contributed by atoms with Gasteiger partial charge in [-0.1, -0.05) is 43.1 Å². The van der Waals surface area contributed by atoms with Crippen molar-refractivity contribution in [3.05, 3.63) is 47.1 Å². The van der Waals surface area contributed by atoms with Gasteiger partial charge in [0.1, 0.15) is 0 Å². The lowest BCUT2D eigenvalue weighted by Gasteiger charge is -2.03. The summed E-state index contributed by atoms with van der Waals surface area (Å²) in [5.74, 6) is 0. The molecule has 0 atom stereocenters. The molecule has 16 heavy (non-hydrogen) atoms. The van der Waals surface area contributed by atoms with Crippen LogP contribution in [0.3, 0.4) is 0 Å². The first-order valence-electron chi connectivity index (χ1n) is 5.38. The van der Waals surface area contributed by atoms with Crippen LogP contribution in [-0.4, -0.2) is 10.2 Å². The maximum atomic E-state index is 5.71. The monoisotopic (exact) mass is 232 g/mol. The van der Waals surface area contributed by atoms with Gasteiger partial charge in [0.05, 0.1) is 5.69 Å². The molecule has 0 saturated heterocycles. The third kappa shape index (κ3) is 2.58. The highest BCUT2D eigenvalue weighted by Gasteiger charge is 2.01. The third-order valence-electron chi connectivity index (χ3n) is 2.39. The molecule has 0 spiro atoms. The van der Waals surface area contributed by atoms with Crippen LogP contribution in [0.1, 0.15) is 18.9 Å². The summed E-state index contributed by atoms with van der Waals surface area (Å²) >= 11 is 5.71. The molecule has 1 aromatic carbocycles. The topological polar surface area (TPSA) is 25.8 Å². The Morgan fingerprint density at radius 3 is 2.69 bits per heavy atom. The van der Waals surface area contributed by atoms with Crippen molar-refractivity contribution in [2.45, 2.75) is 19.8 Å². The number of halogens is 1. The van der Waals surface area contributed by atoms with Crippen molar-refractivity contribution in [3.63, 3.8) is 0 Å². The molecule has 0 unspecified atom stereocenters. The Labute approximate surface area is 100 Å². The number of nitrogens with zero attached hydrogens (tertiary/aromatic N) is 2. The van der Waals surface area contributed by atoms with E-state index in [1.165, 1.54) is 5.56 Å². The van der Waals surface area contributed by atoms with Crippen LogP contribution in [0.5, 0.6) is 0 Å². The number of hydrogen-bond donors (Lipinski definition) is 0. The average Bonchev–Trinajstić information content (AvgIpc) is 2.31. The summed E-state index contributed by atoms with van der Waals surface area (Å²) in [5, 5.41) is 8.34. The minimum Gasteiger partial charge on any atom is -0.149 e. The second-order valence-corrected chi connectivity index (χ2v) is 4.08. The molecule has 0 radical (unpaired) electrons. The maximum Gasteiger partial charge on any atom is 0.151 e. The van der Waals surface area contributed by atoms with E-state index < -0.39 is 0 Å². The summed E-state index contributed by atoms with van der Waals surface area (Å²) in [4.78, 5) is 0. The molecule has 0 amide bonds. The number of rotatable bonds is 3. The summed E-state index contributed by atoms with van der Waals surface area (Å²) in [6.45, 7) is 2.18. The second-order valence-electron chi connectivity index (χ2n) is 3.69. The Morgan fingerprint density at radius 1 is 1.12 bits per heavy atom. The Morgan fingerprint density at radius 2 is 2.00 bits per heavy atom. The van der Waals surface area contributed by atoms with Crippen LogP contribution in [-0.2, 0) is 6.42 Å². The molecule has 1 aromatic heterocycles. The Kier molecular flexibility index (Phi) is 3.52. The Bertz CT molecular complexity index is 466. The third-order valence-corrected chi connectivity index (χ3v) is 2.60. The molecule has 0 saturated carbocycles. The summed E-state index contributed by atoms with van der Waals surface area (Å²) in [6.07, 6.45) is 2.24. The lowest BCUT2D eigenvalue weighted by atomic mass is 10.0. The number of aromatic nitrogens is 2. The first kappa shape index (κ1) is 11.1. The summed E-state index contributed by atoms with van der Waals surface area (Å²) in [6, 6.07) is 12.0. The van der Waals surface area contributed by atoms with Crippen LogP contribution in [0.25, 0.3) is 11.3 Å². The fourth-order valence-corrected chi connectivity index (χ4v) is 1.75. The minimum absolute atomic E-state index is 0.425. The number of benzene rings is 1. The molecule has 3 heteroatoms.